The Kier molecular flexibility index (Phi) is 4.45. The number of piperazine rings is 1. The van der Waals surface area contributed by atoms with E-state index < -0.39 is 0 Å². The van der Waals surface area contributed by atoms with Crippen molar-refractivity contribution in [2.45, 2.75) is 0 Å². The molecule has 1 aromatic rings. The van der Waals surface area contributed by atoms with Crippen molar-refractivity contribution in [2.75, 3.05) is 50.6 Å². The van der Waals surface area contributed by atoms with Gasteiger partial charge < -0.3 is 9.64 Å². The monoisotopic (exact) mass is 255 g/mol. The van der Waals surface area contributed by atoms with Crippen LogP contribution in [-0.4, -0.2) is 55.6 Å². The van der Waals surface area contributed by atoms with Gasteiger partial charge in [0.25, 0.3) is 0 Å². The van der Waals surface area contributed by atoms with Gasteiger partial charge in [-0.1, -0.05) is 0 Å². The summed E-state index contributed by atoms with van der Waals surface area (Å²) in [6.45, 7) is 5.11. The first kappa shape index (κ1) is 12.5. The lowest BCUT2D eigenvalue weighted by Gasteiger charge is -2.35. The average molecular weight is 256 g/mol. The van der Waals surface area contributed by atoms with Crippen molar-refractivity contribution in [1.82, 2.24) is 9.88 Å². The molecule has 5 heteroatoms. The molecule has 0 radical (unpaired) electrons. The van der Waals surface area contributed by atoms with Gasteiger partial charge in [0.05, 0.1) is 13.3 Å². The summed E-state index contributed by atoms with van der Waals surface area (Å²) in [7, 11) is 1.65. The molecule has 4 nitrogen and oxygen atoms in total. The Balaban J connectivity index is 1.91. The van der Waals surface area contributed by atoms with E-state index >= 15 is 0 Å². The Morgan fingerprint density at radius 1 is 1.29 bits per heavy atom. The normalized spacial score (nSPS) is 17.2. The second-order valence-electron chi connectivity index (χ2n) is 4.07. The second kappa shape index (κ2) is 6.07. The molecular formula is C12H18ClN3O. The summed E-state index contributed by atoms with van der Waals surface area (Å²) in [5.74, 6) is 2.53. The smallest absolute Gasteiger partial charge is 0.137 e. The molecule has 0 N–H and O–H groups in total. The molecule has 2 rings (SSSR count). The number of methoxy groups -OCH3 is 1. The zero-order valence-electron chi connectivity index (χ0n) is 10.1. The third-order valence-electron chi connectivity index (χ3n) is 3.05. The maximum absolute atomic E-state index is 5.74. The van der Waals surface area contributed by atoms with E-state index in [1.54, 1.807) is 13.3 Å². The van der Waals surface area contributed by atoms with E-state index in [0.717, 1.165) is 44.3 Å². The predicted molar refractivity (Wildman–Crippen MR) is 70.2 cm³/mol. The fourth-order valence-corrected chi connectivity index (χ4v) is 2.24. The third kappa shape index (κ3) is 3.23. The Morgan fingerprint density at radius 3 is 2.59 bits per heavy atom. The summed E-state index contributed by atoms with van der Waals surface area (Å²) in [5, 5.41) is 0. The highest BCUT2D eigenvalue weighted by Gasteiger charge is 2.17. The van der Waals surface area contributed by atoms with Gasteiger partial charge in [0.15, 0.2) is 0 Å². The highest BCUT2D eigenvalue weighted by molar-refractivity contribution is 6.18. The molecule has 2 heterocycles. The lowest BCUT2D eigenvalue weighted by Crippen LogP contribution is -2.47. The highest BCUT2D eigenvalue weighted by Crippen LogP contribution is 2.16. The number of aromatic nitrogens is 1. The van der Waals surface area contributed by atoms with Gasteiger partial charge >= 0.3 is 0 Å². The number of pyridine rings is 1. The van der Waals surface area contributed by atoms with Crippen LogP contribution >= 0.6 is 11.6 Å². The van der Waals surface area contributed by atoms with E-state index in [1.807, 2.05) is 12.1 Å². The van der Waals surface area contributed by atoms with Crippen LogP contribution in [0.5, 0.6) is 5.75 Å². The van der Waals surface area contributed by atoms with Crippen molar-refractivity contribution in [2.24, 2.45) is 0 Å². The number of hydrogen-bond acceptors (Lipinski definition) is 4. The minimum Gasteiger partial charge on any atom is -0.495 e. The standard InChI is InChI=1S/C12H18ClN3O/c1-17-11-2-3-12(14-10-11)16-8-6-15(5-4-13)7-9-16/h2-3,10H,4-9H2,1H3. The molecule has 0 saturated carbocycles. The maximum Gasteiger partial charge on any atom is 0.137 e. The van der Waals surface area contributed by atoms with Crippen LogP contribution in [0.2, 0.25) is 0 Å². The van der Waals surface area contributed by atoms with Crippen molar-refractivity contribution < 1.29 is 4.74 Å². The van der Waals surface area contributed by atoms with Crippen LogP contribution in [0.3, 0.4) is 0 Å². The van der Waals surface area contributed by atoms with Gasteiger partial charge in [-0.05, 0) is 12.1 Å². The minimum atomic E-state index is 0.709. The van der Waals surface area contributed by atoms with Gasteiger partial charge in [0.2, 0.25) is 0 Å². The zero-order valence-corrected chi connectivity index (χ0v) is 10.9. The first-order valence-corrected chi connectivity index (χ1v) is 6.40. The molecule has 1 fully saturated rings. The fraction of sp³-hybridized carbons (Fsp3) is 0.583. The Morgan fingerprint density at radius 2 is 2.06 bits per heavy atom. The maximum atomic E-state index is 5.74. The summed E-state index contributed by atoms with van der Waals surface area (Å²) in [5.41, 5.74) is 0. The Labute approximate surface area is 107 Å². The highest BCUT2D eigenvalue weighted by atomic mass is 35.5. The first-order valence-electron chi connectivity index (χ1n) is 5.87. The van der Waals surface area contributed by atoms with Gasteiger partial charge in [-0.2, -0.15) is 0 Å². The van der Waals surface area contributed by atoms with Gasteiger partial charge in [-0.15, -0.1) is 11.6 Å². The van der Waals surface area contributed by atoms with Crippen LogP contribution in [0.15, 0.2) is 18.3 Å². The summed E-state index contributed by atoms with van der Waals surface area (Å²) >= 11 is 5.74. The second-order valence-corrected chi connectivity index (χ2v) is 4.45. The molecule has 0 amide bonds. The number of halogens is 1. The Bertz CT molecular complexity index is 336. The zero-order chi connectivity index (χ0) is 12.1. The summed E-state index contributed by atoms with van der Waals surface area (Å²) in [6.07, 6.45) is 1.76. The van der Waals surface area contributed by atoms with Crippen LogP contribution < -0.4 is 9.64 Å². The molecule has 17 heavy (non-hydrogen) atoms. The van der Waals surface area contributed by atoms with Crippen molar-refractivity contribution in [3.05, 3.63) is 18.3 Å². The lowest BCUT2D eigenvalue weighted by atomic mass is 10.3. The fourth-order valence-electron chi connectivity index (χ4n) is 2.00. The van der Waals surface area contributed by atoms with E-state index in [2.05, 4.69) is 14.8 Å². The van der Waals surface area contributed by atoms with E-state index in [-0.39, 0.29) is 0 Å². The van der Waals surface area contributed by atoms with Crippen LogP contribution in [0.4, 0.5) is 5.82 Å². The molecule has 0 unspecified atom stereocenters. The molecule has 1 aliphatic heterocycles. The van der Waals surface area contributed by atoms with Crippen molar-refractivity contribution in [1.29, 1.82) is 0 Å². The lowest BCUT2D eigenvalue weighted by molar-refractivity contribution is 0.272. The molecule has 1 aliphatic rings. The number of hydrogen-bond donors (Lipinski definition) is 0. The molecule has 0 atom stereocenters. The SMILES string of the molecule is COc1ccc(N2CCN(CCCl)CC2)nc1. The van der Waals surface area contributed by atoms with Gasteiger partial charge in [-0.25, -0.2) is 4.98 Å². The predicted octanol–water partition coefficient (Wildman–Crippen LogP) is 1.45. The molecule has 0 aliphatic carbocycles. The number of alkyl halides is 1. The van der Waals surface area contributed by atoms with Crippen molar-refractivity contribution >= 4 is 17.4 Å². The largest absolute Gasteiger partial charge is 0.495 e. The molecule has 94 valence electrons. The number of anilines is 1. The number of nitrogens with zero attached hydrogens (tertiary/aromatic N) is 3. The van der Waals surface area contributed by atoms with Gasteiger partial charge in [-0.3, -0.25) is 4.90 Å². The summed E-state index contributed by atoms with van der Waals surface area (Å²) < 4.78 is 5.10. The van der Waals surface area contributed by atoms with E-state index in [4.69, 9.17) is 16.3 Å². The van der Waals surface area contributed by atoms with Crippen LogP contribution in [0, 0.1) is 0 Å². The molecule has 0 spiro atoms. The molecule has 0 bridgehead atoms. The quantitative estimate of drug-likeness (QED) is 0.762. The molecule has 1 saturated heterocycles. The third-order valence-corrected chi connectivity index (χ3v) is 3.22. The molecule has 0 aromatic carbocycles. The number of ether oxygens (including phenoxy) is 1. The topological polar surface area (TPSA) is 28.6 Å². The van der Waals surface area contributed by atoms with Crippen molar-refractivity contribution in [3.63, 3.8) is 0 Å². The average Bonchev–Trinajstić information content (AvgIpc) is 2.40. The van der Waals surface area contributed by atoms with E-state index in [9.17, 15) is 0 Å². The van der Waals surface area contributed by atoms with Gasteiger partial charge in [0, 0.05) is 38.6 Å². The summed E-state index contributed by atoms with van der Waals surface area (Å²) in [4.78, 5) is 9.08. The van der Waals surface area contributed by atoms with E-state index in [0.29, 0.717) is 5.88 Å². The van der Waals surface area contributed by atoms with Crippen LogP contribution in [-0.2, 0) is 0 Å². The van der Waals surface area contributed by atoms with Crippen LogP contribution in [0.25, 0.3) is 0 Å². The molecule has 1 aromatic heterocycles. The van der Waals surface area contributed by atoms with Crippen molar-refractivity contribution in [3.8, 4) is 5.75 Å². The minimum absolute atomic E-state index is 0.709. The Hall–Kier alpha value is -1.00. The van der Waals surface area contributed by atoms with Crippen LogP contribution in [0.1, 0.15) is 0 Å². The number of rotatable bonds is 4. The summed E-state index contributed by atoms with van der Waals surface area (Å²) in [6, 6.07) is 3.96. The molecular weight excluding hydrogens is 238 g/mol. The van der Waals surface area contributed by atoms with Gasteiger partial charge in [0.1, 0.15) is 11.6 Å². The van der Waals surface area contributed by atoms with E-state index in [1.165, 1.54) is 0 Å². The first-order chi connectivity index (χ1) is 8.33.